The number of rotatable bonds is 5. The first-order valence-electron chi connectivity index (χ1n) is 8.02. The van der Waals surface area contributed by atoms with Crippen molar-refractivity contribution in [1.82, 2.24) is 14.4 Å². The van der Waals surface area contributed by atoms with Gasteiger partial charge in [0.15, 0.2) is 17.7 Å². The Balaban J connectivity index is 1.86. The summed E-state index contributed by atoms with van der Waals surface area (Å²) in [4.78, 5) is 37.2. The first-order chi connectivity index (χ1) is 11.8. The van der Waals surface area contributed by atoms with Crippen molar-refractivity contribution in [3.63, 3.8) is 0 Å². The number of sulfonamides is 1. The standard InChI is InChI=1S/C15H19N3O6S/c1-3-4-10-11-6-17(15(21)12-5-9(8-19)24-16-12)7-13(11)18(14(10)20)25(2,22)23/h5,8,10-11,13H,3-4,6-7H2,1-2H3/t10-,11-,13+/m1/s1. The molecule has 0 unspecified atom stereocenters. The summed E-state index contributed by atoms with van der Waals surface area (Å²) in [7, 11) is -3.71. The minimum atomic E-state index is -3.71. The van der Waals surface area contributed by atoms with E-state index < -0.39 is 27.9 Å². The van der Waals surface area contributed by atoms with Gasteiger partial charge in [-0.05, 0) is 6.42 Å². The Kier molecular flexibility index (Phi) is 4.40. The van der Waals surface area contributed by atoms with E-state index in [1.54, 1.807) is 0 Å². The zero-order valence-corrected chi connectivity index (χ0v) is 14.7. The first kappa shape index (κ1) is 17.6. The maximum Gasteiger partial charge on any atom is 0.276 e. The molecule has 0 saturated carbocycles. The molecule has 136 valence electrons. The largest absolute Gasteiger partial charge is 0.353 e. The number of hydrogen-bond acceptors (Lipinski definition) is 7. The Labute approximate surface area is 145 Å². The number of aromatic nitrogens is 1. The van der Waals surface area contributed by atoms with Crippen LogP contribution in [0.2, 0.25) is 0 Å². The number of likely N-dealkylation sites (tertiary alicyclic amines) is 1. The van der Waals surface area contributed by atoms with Gasteiger partial charge in [-0.15, -0.1) is 0 Å². The molecule has 25 heavy (non-hydrogen) atoms. The van der Waals surface area contributed by atoms with E-state index >= 15 is 0 Å². The number of fused-ring (bicyclic) bond motifs is 1. The molecule has 2 aliphatic heterocycles. The molecule has 2 aliphatic rings. The Morgan fingerprint density at radius 2 is 2.16 bits per heavy atom. The molecule has 0 N–H and O–H groups in total. The van der Waals surface area contributed by atoms with Gasteiger partial charge < -0.3 is 9.42 Å². The highest BCUT2D eigenvalue weighted by Gasteiger charge is 2.55. The van der Waals surface area contributed by atoms with Crippen molar-refractivity contribution < 1.29 is 27.3 Å². The van der Waals surface area contributed by atoms with Gasteiger partial charge in [-0.1, -0.05) is 18.5 Å². The molecule has 0 aliphatic carbocycles. The van der Waals surface area contributed by atoms with Crippen molar-refractivity contribution in [1.29, 1.82) is 0 Å². The van der Waals surface area contributed by atoms with Crippen LogP contribution in [-0.4, -0.2) is 66.3 Å². The molecular weight excluding hydrogens is 350 g/mol. The van der Waals surface area contributed by atoms with Crippen LogP contribution in [0.4, 0.5) is 0 Å². The van der Waals surface area contributed by atoms with E-state index in [-0.39, 0.29) is 36.4 Å². The fourth-order valence-corrected chi connectivity index (χ4v) is 4.97. The molecule has 2 amide bonds. The molecule has 0 bridgehead atoms. The fraction of sp³-hybridized carbons (Fsp3) is 0.600. The Morgan fingerprint density at radius 3 is 2.72 bits per heavy atom. The van der Waals surface area contributed by atoms with Crippen LogP contribution in [0.5, 0.6) is 0 Å². The van der Waals surface area contributed by atoms with Crippen LogP contribution in [0.25, 0.3) is 0 Å². The molecule has 0 radical (unpaired) electrons. The van der Waals surface area contributed by atoms with Crippen LogP contribution in [0, 0.1) is 11.8 Å². The summed E-state index contributed by atoms with van der Waals surface area (Å²) >= 11 is 0. The van der Waals surface area contributed by atoms with Crippen molar-refractivity contribution in [2.75, 3.05) is 19.3 Å². The number of carbonyl (C=O) groups excluding carboxylic acids is 3. The van der Waals surface area contributed by atoms with Gasteiger partial charge in [0.25, 0.3) is 5.91 Å². The van der Waals surface area contributed by atoms with E-state index in [2.05, 4.69) is 5.16 Å². The minimum Gasteiger partial charge on any atom is -0.353 e. The third-order valence-corrected chi connectivity index (χ3v) is 5.96. The molecule has 3 heterocycles. The zero-order valence-electron chi connectivity index (χ0n) is 13.9. The molecule has 2 saturated heterocycles. The Morgan fingerprint density at radius 1 is 1.44 bits per heavy atom. The molecule has 3 atom stereocenters. The highest BCUT2D eigenvalue weighted by molar-refractivity contribution is 7.88. The molecule has 3 rings (SSSR count). The summed E-state index contributed by atoms with van der Waals surface area (Å²) in [5.74, 6) is -1.52. The van der Waals surface area contributed by atoms with Crippen LogP contribution in [0.15, 0.2) is 10.6 Å². The quantitative estimate of drug-likeness (QED) is 0.678. The van der Waals surface area contributed by atoms with Gasteiger partial charge in [-0.25, -0.2) is 12.7 Å². The predicted molar refractivity (Wildman–Crippen MR) is 85.2 cm³/mol. The van der Waals surface area contributed by atoms with Gasteiger partial charge in [0.2, 0.25) is 15.9 Å². The van der Waals surface area contributed by atoms with E-state index in [4.69, 9.17) is 4.52 Å². The maximum absolute atomic E-state index is 12.5. The topological polar surface area (TPSA) is 118 Å². The van der Waals surface area contributed by atoms with Crippen molar-refractivity contribution in [2.24, 2.45) is 11.8 Å². The van der Waals surface area contributed by atoms with Crippen LogP contribution in [-0.2, 0) is 14.8 Å². The zero-order chi connectivity index (χ0) is 18.4. The van der Waals surface area contributed by atoms with E-state index in [9.17, 15) is 22.8 Å². The molecule has 1 aromatic heterocycles. The summed E-state index contributed by atoms with van der Waals surface area (Å²) in [6.45, 7) is 2.32. The van der Waals surface area contributed by atoms with Crippen molar-refractivity contribution in [2.45, 2.75) is 25.8 Å². The molecule has 1 aromatic rings. The number of carbonyl (C=O) groups is 3. The highest BCUT2D eigenvalue weighted by atomic mass is 32.2. The molecular formula is C15H19N3O6S. The number of amides is 2. The van der Waals surface area contributed by atoms with Gasteiger partial charge in [0.05, 0.1) is 12.3 Å². The first-order valence-corrected chi connectivity index (χ1v) is 9.87. The summed E-state index contributed by atoms with van der Waals surface area (Å²) in [5, 5.41) is 3.57. The van der Waals surface area contributed by atoms with Crippen LogP contribution >= 0.6 is 0 Å². The smallest absolute Gasteiger partial charge is 0.276 e. The van der Waals surface area contributed by atoms with Gasteiger partial charge in [-0.3, -0.25) is 14.4 Å². The SMILES string of the molecule is CCC[C@H]1C(=O)N(S(C)(=O)=O)[C@H]2CN(C(=O)c3cc(C=O)on3)C[C@H]12. The normalized spacial score (nSPS) is 26.2. The Bertz CT molecular complexity index is 817. The Hall–Kier alpha value is -2.23. The second kappa shape index (κ2) is 6.25. The summed E-state index contributed by atoms with van der Waals surface area (Å²) in [6.07, 6.45) is 2.78. The van der Waals surface area contributed by atoms with Gasteiger partial charge >= 0.3 is 0 Å². The molecule has 0 aromatic carbocycles. The lowest BCUT2D eigenvalue weighted by Crippen LogP contribution is -2.43. The monoisotopic (exact) mass is 369 g/mol. The van der Waals surface area contributed by atoms with Gasteiger partial charge in [0, 0.05) is 31.0 Å². The van der Waals surface area contributed by atoms with Gasteiger partial charge in [0.1, 0.15) is 0 Å². The average molecular weight is 369 g/mol. The molecule has 0 spiro atoms. The maximum atomic E-state index is 12.5. The number of aldehydes is 1. The van der Waals surface area contributed by atoms with E-state index in [0.717, 1.165) is 17.0 Å². The van der Waals surface area contributed by atoms with Gasteiger partial charge in [-0.2, -0.15) is 0 Å². The third-order valence-electron chi connectivity index (χ3n) is 4.79. The summed E-state index contributed by atoms with van der Waals surface area (Å²) in [6, 6.07) is 0.687. The summed E-state index contributed by atoms with van der Waals surface area (Å²) < 4.78 is 29.8. The van der Waals surface area contributed by atoms with Crippen LogP contribution in [0.3, 0.4) is 0 Å². The fourth-order valence-electron chi connectivity index (χ4n) is 3.80. The third kappa shape index (κ3) is 2.94. The highest BCUT2D eigenvalue weighted by Crippen LogP contribution is 2.40. The molecule has 9 nitrogen and oxygen atoms in total. The van der Waals surface area contributed by atoms with Crippen molar-refractivity contribution in [3.8, 4) is 0 Å². The lowest BCUT2D eigenvalue weighted by Gasteiger charge is -2.23. The van der Waals surface area contributed by atoms with Crippen molar-refractivity contribution >= 4 is 28.1 Å². The number of hydrogen-bond donors (Lipinski definition) is 0. The van der Waals surface area contributed by atoms with Crippen LogP contribution in [0.1, 0.15) is 40.8 Å². The average Bonchev–Trinajstić information content (AvgIpc) is 3.22. The van der Waals surface area contributed by atoms with E-state index in [1.807, 2.05) is 6.92 Å². The lowest BCUT2D eigenvalue weighted by molar-refractivity contribution is -0.128. The second-order valence-corrected chi connectivity index (χ2v) is 8.33. The van der Waals surface area contributed by atoms with E-state index in [0.29, 0.717) is 12.7 Å². The van der Waals surface area contributed by atoms with E-state index in [1.165, 1.54) is 11.0 Å². The molecule has 10 heteroatoms. The minimum absolute atomic E-state index is 0.00801. The number of nitrogens with zero attached hydrogens (tertiary/aromatic N) is 3. The van der Waals surface area contributed by atoms with Crippen molar-refractivity contribution in [3.05, 3.63) is 17.5 Å². The molecule has 2 fully saturated rings. The second-order valence-electron chi connectivity index (χ2n) is 6.47. The lowest BCUT2D eigenvalue weighted by atomic mass is 9.89. The summed E-state index contributed by atoms with van der Waals surface area (Å²) in [5.41, 5.74) is -0.00801. The van der Waals surface area contributed by atoms with Crippen LogP contribution < -0.4 is 0 Å². The predicted octanol–water partition coefficient (Wildman–Crippen LogP) is 0.146.